The molecule has 1 aromatic carbocycles. The molecule has 0 unspecified atom stereocenters. The van der Waals surface area contributed by atoms with Gasteiger partial charge in [0, 0.05) is 6.07 Å². The van der Waals surface area contributed by atoms with E-state index in [1.807, 2.05) is 0 Å². The molecule has 0 spiro atoms. The summed E-state index contributed by atoms with van der Waals surface area (Å²) in [6, 6.07) is 7.67. The first kappa shape index (κ1) is 17.0. The van der Waals surface area contributed by atoms with Crippen LogP contribution in [0.5, 0.6) is 5.88 Å². The Morgan fingerprint density at radius 1 is 1.40 bits per heavy atom. The second kappa shape index (κ2) is 6.55. The minimum absolute atomic E-state index is 0.0413. The van der Waals surface area contributed by atoms with Crippen LogP contribution in [0.3, 0.4) is 0 Å². The Hall–Kier alpha value is -2.88. The molecule has 0 saturated carbocycles. The lowest BCUT2D eigenvalue weighted by Gasteiger charge is -2.25. The number of nitrogens with one attached hydrogen (secondary N) is 1. The number of anilines is 1. The van der Waals surface area contributed by atoms with Gasteiger partial charge in [-0.2, -0.15) is 10.2 Å². The molecular weight excluding hydrogens is 323 g/mol. The van der Waals surface area contributed by atoms with Crippen molar-refractivity contribution in [1.82, 2.24) is 9.55 Å². The molecule has 1 aromatic heterocycles. The molecule has 2 heterocycles. The molecule has 3 rings (SSSR count). The molecule has 0 atom stereocenters. The molecule has 0 radical (unpaired) electrons. The standard InChI is InChI=1S/C18H19FN4O2/c1-3-18(4-2)11-23-15(22-18)8-16(21-17(23)24)25-10-12-5-6-14(19)13(7-12)9-20/h5-8,22H,3-4,10-11H2,1-2H3. The maximum Gasteiger partial charge on any atom is 0.352 e. The molecule has 0 fully saturated rings. The molecule has 25 heavy (non-hydrogen) atoms. The van der Waals surface area contributed by atoms with Gasteiger partial charge in [0.2, 0.25) is 5.88 Å². The third-order valence-corrected chi connectivity index (χ3v) is 4.73. The smallest absolute Gasteiger partial charge is 0.352 e. The Labute approximate surface area is 144 Å². The van der Waals surface area contributed by atoms with Gasteiger partial charge in [-0.3, -0.25) is 4.57 Å². The van der Waals surface area contributed by atoms with E-state index in [4.69, 9.17) is 10.00 Å². The van der Waals surface area contributed by atoms with Crippen molar-refractivity contribution in [3.8, 4) is 11.9 Å². The lowest BCUT2D eigenvalue weighted by molar-refractivity contribution is 0.291. The third kappa shape index (κ3) is 3.20. The van der Waals surface area contributed by atoms with Crippen molar-refractivity contribution < 1.29 is 9.13 Å². The molecule has 1 N–H and O–H groups in total. The van der Waals surface area contributed by atoms with E-state index in [0.29, 0.717) is 17.9 Å². The lowest BCUT2D eigenvalue weighted by Crippen LogP contribution is -2.36. The molecule has 0 bridgehead atoms. The van der Waals surface area contributed by atoms with E-state index in [0.717, 1.165) is 12.8 Å². The number of ether oxygens (including phenoxy) is 1. The molecule has 0 aliphatic carbocycles. The zero-order valence-corrected chi connectivity index (χ0v) is 14.2. The third-order valence-electron chi connectivity index (χ3n) is 4.73. The van der Waals surface area contributed by atoms with Crippen LogP contribution in [-0.2, 0) is 13.2 Å². The van der Waals surface area contributed by atoms with Gasteiger partial charge in [-0.15, -0.1) is 0 Å². The Morgan fingerprint density at radius 2 is 2.16 bits per heavy atom. The van der Waals surface area contributed by atoms with Crippen LogP contribution in [0.1, 0.15) is 37.8 Å². The molecule has 2 aromatic rings. The molecular formula is C18H19FN4O2. The van der Waals surface area contributed by atoms with Crippen molar-refractivity contribution in [1.29, 1.82) is 5.26 Å². The molecule has 7 heteroatoms. The maximum atomic E-state index is 13.3. The SMILES string of the molecule is CCC1(CC)Cn2c(cc(OCc3ccc(F)c(C#N)c3)nc2=O)N1. The number of rotatable bonds is 5. The number of nitrogens with zero attached hydrogens (tertiary/aromatic N) is 3. The van der Waals surface area contributed by atoms with Gasteiger partial charge < -0.3 is 10.1 Å². The van der Waals surface area contributed by atoms with Gasteiger partial charge in [0.25, 0.3) is 0 Å². The fraction of sp³-hybridized carbons (Fsp3) is 0.389. The molecule has 0 saturated heterocycles. The lowest BCUT2D eigenvalue weighted by atomic mass is 9.94. The summed E-state index contributed by atoms with van der Waals surface area (Å²) >= 11 is 0. The van der Waals surface area contributed by atoms with Gasteiger partial charge in [0.05, 0.1) is 17.6 Å². The fourth-order valence-electron chi connectivity index (χ4n) is 2.98. The van der Waals surface area contributed by atoms with Gasteiger partial charge in [0.1, 0.15) is 24.3 Å². The maximum absolute atomic E-state index is 13.3. The first-order valence-electron chi connectivity index (χ1n) is 8.21. The van der Waals surface area contributed by atoms with E-state index in [1.54, 1.807) is 16.7 Å². The molecule has 0 amide bonds. The summed E-state index contributed by atoms with van der Waals surface area (Å²) in [6.07, 6.45) is 1.79. The Morgan fingerprint density at radius 3 is 2.84 bits per heavy atom. The first-order valence-corrected chi connectivity index (χ1v) is 8.21. The second-order valence-corrected chi connectivity index (χ2v) is 6.18. The monoisotopic (exact) mass is 342 g/mol. The van der Waals surface area contributed by atoms with Crippen LogP contribution in [0.25, 0.3) is 0 Å². The first-order chi connectivity index (χ1) is 12.0. The van der Waals surface area contributed by atoms with Gasteiger partial charge in [-0.25, -0.2) is 9.18 Å². The van der Waals surface area contributed by atoms with Crippen LogP contribution < -0.4 is 15.7 Å². The van der Waals surface area contributed by atoms with E-state index < -0.39 is 5.82 Å². The Bertz CT molecular complexity index is 897. The van der Waals surface area contributed by atoms with Gasteiger partial charge >= 0.3 is 5.69 Å². The van der Waals surface area contributed by atoms with Gasteiger partial charge in [-0.05, 0) is 30.5 Å². The highest BCUT2D eigenvalue weighted by Crippen LogP contribution is 2.31. The summed E-state index contributed by atoms with van der Waals surface area (Å²) in [7, 11) is 0. The number of hydrogen-bond acceptors (Lipinski definition) is 5. The fourth-order valence-corrected chi connectivity index (χ4v) is 2.98. The Kier molecular flexibility index (Phi) is 4.45. The van der Waals surface area contributed by atoms with Gasteiger partial charge in [0.15, 0.2) is 0 Å². The van der Waals surface area contributed by atoms with E-state index >= 15 is 0 Å². The molecule has 130 valence electrons. The number of aromatic nitrogens is 2. The van der Waals surface area contributed by atoms with Gasteiger partial charge in [-0.1, -0.05) is 19.9 Å². The zero-order chi connectivity index (χ0) is 18.0. The highest BCUT2D eigenvalue weighted by atomic mass is 19.1. The number of halogens is 1. The summed E-state index contributed by atoms with van der Waals surface area (Å²) < 4.78 is 20.5. The van der Waals surface area contributed by atoms with Crippen molar-refractivity contribution in [3.05, 3.63) is 51.7 Å². The van der Waals surface area contributed by atoms with Crippen molar-refractivity contribution >= 4 is 5.82 Å². The quantitative estimate of drug-likeness (QED) is 0.904. The summed E-state index contributed by atoms with van der Waals surface area (Å²) in [5.41, 5.74) is 0.0938. The van der Waals surface area contributed by atoms with Crippen LogP contribution in [0, 0.1) is 17.1 Å². The van der Waals surface area contributed by atoms with Crippen LogP contribution >= 0.6 is 0 Å². The van der Waals surface area contributed by atoms with Crippen LogP contribution in [-0.4, -0.2) is 15.1 Å². The predicted octanol–water partition coefficient (Wildman–Crippen LogP) is 2.82. The predicted molar refractivity (Wildman–Crippen MR) is 90.9 cm³/mol. The van der Waals surface area contributed by atoms with Crippen LogP contribution in [0.2, 0.25) is 0 Å². The van der Waals surface area contributed by atoms with E-state index in [-0.39, 0.29) is 29.3 Å². The number of hydrogen-bond donors (Lipinski definition) is 1. The highest BCUT2D eigenvalue weighted by molar-refractivity contribution is 5.45. The number of fused-ring (bicyclic) bond motifs is 1. The zero-order valence-electron chi connectivity index (χ0n) is 14.2. The average Bonchev–Trinajstić information content (AvgIpc) is 3.01. The highest BCUT2D eigenvalue weighted by Gasteiger charge is 2.34. The van der Waals surface area contributed by atoms with E-state index in [1.165, 1.54) is 18.2 Å². The minimum Gasteiger partial charge on any atom is -0.473 e. The summed E-state index contributed by atoms with van der Waals surface area (Å²) in [5, 5.41) is 12.3. The topological polar surface area (TPSA) is 79.9 Å². The summed E-state index contributed by atoms with van der Waals surface area (Å²) in [5.74, 6) is 0.324. The summed E-state index contributed by atoms with van der Waals surface area (Å²) in [6.45, 7) is 4.85. The largest absolute Gasteiger partial charge is 0.473 e. The van der Waals surface area contributed by atoms with Crippen LogP contribution in [0.4, 0.5) is 10.2 Å². The van der Waals surface area contributed by atoms with Crippen molar-refractivity contribution in [2.24, 2.45) is 0 Å². The minimum atomic E-state index is -0.570. The van der Waals surface area contributed by atoms with E-state index in [2.05, 4.69) is 24.1 Å². The number of benzene rings is 1. The number of nitriles is 1. The van der Waals surface area contributed by atoms with Crippen molar-refractivity contribution in [2.75, 3.05) is 5.32 Å². The summed E-state index contributed by atoms with van der Waals surface area (Å²) in [4.78, 5) is 16.2. The normalized spacial score (nSPS) is 14.5. The molecule has 6 nitrogen and oxygen atoms in total. The van der Waals surface area contributed by atoms with E-state index in [9.17, 15) is 9.18 Å². The second-order valence-electron chi connectivity index (χ2n) is 6.18. The van der Waals surface area contributed by atoms with Crippen molar-refractivity contribution in [3.63, 3.8) is 0 Å². The van der Waals surface area contributed by atoms with Crippen LogP contribution in [0.15, 0.2) is 29.1 Å². The Balaban J connectivity index is 1.79. The van der Waals surface area contributed by atoms with Crippen molar-refractivity contribution in [2.45, 2.75) is 45.4 Å². The molecule has 1 aliphatic heterocycles. The average molecular weight is 342 g/mol. The molecule has 1 aliphatic rings.